The van der Waals surface area contributed by atoms with Crippen molar-refractivity contribution in [1.29, 1.82) is 0 Å². The maximum absolute atomic E-state index is 10.2. The highest BCUT2D eigenvalue weighted by Gasteiger charge is 2.30. The Balaban J connectivity index is 4.81. The molecule has 0 unspecified atom stereocenters. The minimum atomic E-state index is -1.46. The van der Waals surface area contributed by atoms with Crippen molar-refractivity contribution in [2.45, 2.75) is 52.6 Å². The first-order valence-electron chi connectivity index (χ1n) is 5.89. The standard InChI is InChI=1S/C13H26O3Si/c1-13(2,3)12(14)11(16-10-15-4)8-9-17(5,6)7/h11-12,14H,10H2,1-7H3/t11-,12-/m0/s1. The van der Waals surface area contributed by atoms with Crippen molar-refractivity contribution in [3.8, 4) is 11.5 Å². The Labute approximate surface area is 107 Å². The van der Waals surface area contributed by atoms with E-state index in [1.165, 1.54) is 0 Å². The molecule has 3 nitrogen and oxygen atoms in total. The Hall–Kier alpha value is -0.343. The molecule has 0 spiro atoms. The second-order valence-corrected chi connectivity index (χ2v) is 11.1. The van der Waals surface area contributed by atoms with E-state index in [0.29, 0.717) is 0 Å². The quantitative estimate of drug-likeness (QED) is 0.477. The van der Waals surface area contributed by atoms with Crippen molar-refractivity contribution in [2.75, 3.05) is 13.9 Å². The minimum Gasteiger partial charge on any atom is -0.389 e. The van der Waals surface area contributed by atoms with Crippen LogP contribution in [-0.4, -0.2) is 39.3 Å². The third-order valence-electron chi connectivity index (χ3n) is 2.13. The SMILES string of the molecule is COCO[C@@H](C#C[Si](C)(C)C)[C@H](O)C(C)(C)C. The first-order valence-corrected chi connectivity index (χ1v) is 9.39. The predicted octanol–water partition coefficient (Wildman–Crippen LogP) is 2.26. The fraction of sp³-hybridized carbons (Fsp3) is 0.846. The molecule has 0 amide bonds. The summed E-state index contributed by atoms with van der Waals surface area (Å²) in [5, 5.41) is 10.2. The van der Waals surface area contributed by atoms with Crippen molar-refractivity contribution in [1.82, 2.24) is 0 Å². The number of ether oxygens (including phenoxy) is 2. The van der Waals surface area contributed by atoms with Gasteiger partial charge in [0.1, 0.15) is 21.0 Å². The van der Waals surface area contributed by atoms with Gasteiger partial charge in [-0.25, -0.2) is 0 Å². The molecule has 0 aromatic rings. The zero-order chi connectivity index (χ0) is 13.7. The largest absolute Gasteiger partial charge is 0.389 e. The molecule has 0 rings (SSSR count). The van der Waals surface area contributed by atoms with Crippen LogP contribution in [0, 0.1) is 16.9 Å². The Morgan fingerprint density at radius 1 is 1.24 bits per heavy atom. The number of aliphatic hydroxyl groups excluding tert-OH is 1. The van der Waals surface area contributed by atoms with E-state index in [9.17, 15) is 5.11 Å². The molecule has 100 valence electrons. The number of hydrogen-bond acceptors (Lipinski definition) is 3. The van der Waals surface area contributed by atoms with Gasteiger partial charge in [-0.05, 0) is 5.41 Å². The molecule has 0 fully saturated rings. The van der Waals surface area contributed by atoms with E-state index in [0.717, 1.165) is 0 Å². The first-order chi connectivity index (χ1) is 7.58. The second kappa shape index (κ2) is 6.55. The lowest BCUT2D eigenvalue weighted by Gasteiger charge is -2.30. The van der Waals surface area contributed by atoms with Crippen LogP contribution in [0.5, 0.6) is 0 Å². The predicted molar refractivity (Wildman–Crippen MR) is 73.3 cm³/mol. The molecule has 17 heavy (non-hydrogen) atoms. The third kappa shape index (κ3) is 7.56. The van der Waals surface area contributed by atoms with Crippen LogP contribution in [0.1, 0.15) is 20.8 Å². The van der Waals surface area contributed by atoms with E-state index in [2.05, 4.69) is 31.1 Å². The van der Waals surface area contributed by atoms with Crippen molar-refractivity contribution in [2.24, 2.45) is 5.41 Å². The van der Waals surface area contributed by atoms with Gasteiger partial charge in [-0.15, -0.1) is 5.54 Å². The van der Waals surface area contributed by atoms with Crippen LogP contribution in [0.15, 0.2) is 0 Å². The van der Waals surface area contributed by atoms with Gasteiger partial charge in [-0.1, -0.05) is 46.3 Å². The molecule has 4 heteroatoms. The highest BCUT2D eigenvalue weighted by Crippen LogP contribution is 2.23. The molecule has 2 atom stereocenters. The summed E-state index contributed by atoms with van der Waals surface area (Å²) in [4.78, 5) is 0. The normalized spacial score (nSPS) is 16.0. The zero-order valence-electron chi connectivity index (χ0n) is 12.1. The van der Waals surface area contributed by atoms with Crippen LogP contribution in [0.3, 0.4) is 0 Å². The monoisotopic (exact) mass is 258 g/mol. The van der Waals surface area contributed by atoms with Gasteiger partial charge >= 0.3 is 0 Å². The van der Waals surface area contributed by atoms with Crippen LogP contribution >= 0.6 is 0 Å². The van der Waals surface area contributed by atoms with Gasteiger partial charge in [0.05, 0.1) is 6.10 Å². The molecule has 0 heterocycles. The summed E-state index contributed by atoms with van der Waals surface area (Å²) in [5.41, 5.74) is 2.97. The molecule has 0 aliphatic heterocycles. The zero-order valence-corrected chi connectivity index (χ0v) is 13.1. The molecular formula is C13H26O3Si. The maximum Gasteiger partial charge on any atom is 0.148 e. The molecule has 0 aliphatic carbocycles. The van der Waals surface area contributed by atoms with Crippen LogP contribution in [-0.2, 0) is 9.47 Å². The molecule has 0 aromatic heterocycles. The highest BCUT2D eigenvalue weighted by molar-refractivity contribution is 6.83. The van der Waals surface area contributed by atoms with E-state index in [1.54, 1.807) is 7.11 Å². The van der Waals surface area contributed by atoms with Crippen LogP contribution in [0.2, 0.25) is 19.6 Å². The van der Waals surface area contributed by atoms with Gasteiger partial charge < -0.3 is 14.6 Å². The molecular weight excluding hydrogens is 232 g/mol. The van der Waals surface area contributed by atoms with Crippen LogP contribution in [0.25, 0.3) is 0 Å². The van der Waals surface area contributed by atoms with E-state index in [-0.39, 0.29) is 12.2 Å². The molecule has 0 aromatic carbocycles. The van der Waals surface area contributed by atoms with Gasteiger partial charge in [0.2, 0.25) is 0 Å². The van der Waals surface area contributed by atoms with Crippen LogP contribution < -0.4 is 0 Å². The van der Waals surface area contributed by atoms with E-state index >= 15 is 0 Å². The van der Waals surface area contributed by atoms with E-state index < -0.39 is 20.3 Å². The Bertz CT molecular complexity index is 278. The van der Waals surface area contributed by atoms with Crippen molar-refractivity contribution >= 4 is 8.07 Å². The Morgan fingerprint density at radius 3 is 2.12 bits per heavy atom. The molecule has 0 saturated heterocycles. The summed E-state index contributed by atoms with van der Waals surface area (Å²) >= 11 is 0. The summed E-state index contributed by atoms with van der Waals surface area (Å²) in [6, 6.07) is 0. The average Bonchev–Trinajstić information content (AvgIpc) is 2.14. The number of rotatable bonds is 4. The lowest BCUT2D eigenvalue weighted by atomic mass is 9.86. The summed E-state index contributed by atoms with van der Waals surface area (Å²) in [7, 11) is 0.105. The molecule has 0 saturated carbocycles. The highest BCUT2D eigenvalue weighted by atomic mass is 28.3. The lowest BCUT2D eigenvalue weighted by molar-refractivity contribution is -0.113. The summed E-state index contributed by atoms with van der Waals surface area (Å²) in [6.45, 7) is 12.5. The second-order valence-electron chi connectivity index (χ2n) is 6.32. The van der Waals surface area contributed by atoms with Gasteiger partial charge in [0.25, 0.3) is 0 Å². The first kappa shape index (κ1) is 16.7. The minimum absolute atomic E-state index is 0.151. The van der Waals surface area contributed by atoms with Crippen molar-refractivity contribution in [3.63, 3.8) is 0 Å². The topological polar surface area (TPSA) is 38.7 Å². The van der Waals surface area contributed by atoms with Gasteiger partial charge in [0.15, 0.2) is 0 Å². The maximum atomic E-state index is 10.2. The Kier molecular flexibility index (Phi) is 6.42. The van der Waals surface area contributed by atoms with Gasteiger partial charge in [-0.2, -0.15) is 0 Å². The van der Waals surface area contributed by atoms with Gasteiger partial charge in [-0.3, -0.25) is 0 Å². The summed E-state index contributed by atoms with van der Waals surface area (Å²) in [6.07, 6.45) is -1.11. The van der Waals surface area contributed by atoms with Gasteiger partial charge in [0, 0.05) is 7.11 Å². The number of methoxy groups -OCH3 is 1. The molecule has 1 N–H and O–H groups in total. The van der Waals surface area contributed by atoms with Crippen LogP contribution in [0.4, 0.5) is 0 Å². The summed E-state index contributed by atoms with van der Waals surface area (Å²) in [5.74, 6) is 3.06. The third-order valence-corrected chi connectivity index (χ3v) is 3.02. The smallest absolute Gasteiger partial charge is 0.148 e. The Morgan fingerprint density at radius 2 is 1.76 bits per heavy atom. The molecule has 0 radical (unpaired) electrons. The lowest BCUT2D eigenvalue weighted by Crippen LogP contribution is -2.39. The fourth-order valence-corrected chi connectivity index (χ4v) is 1.67. The fourth-order valence-electron chi connectivity index (χ4n) is 1.09. The number of hydrogen-bond donors (Lipinski definition) is 1. The summed E-state index contributed by atoms with van der Waals surface area (Å²) < 4.78 is 10.3. The van der Waals surface area contributed by atoms with Crippen molar-refractivity contribution < 1.29 is 14.6 Å². The average molecular weight is 258 g/mol. The number of aliphatic hydroxyl groups is 1. The van der Waals surface area contributed by atoms with Crippen molar-refractivity contribution in [3.05, 3.63) is 0 Å². The molecule has 0 aliphatic rings. The van der Waals surface area contributed by atoms with E-state index in [1.807, 2.05) is 20.8 Å². The molecule has 0 bridgehead atoms. The van der Waals surface area contributed by atoms with E-state index in [4.69, 9.17) is 9.47 Å².